The number of hydrogen-bond donors (Lipinski definition) is 2. The van der Waals surface area contributed by atoms with Crippen LogP contribution in [0.4, 0.5) is 11.4 Å². The van der Waals surface area contributed by atoms with Crippen LogP contribution in [0.15, 0.2) is 18.2 Å². The number of nitrogen functional groups attached to an aromatic ring is 1. The number of anilines is 2. The van der Waals surface area contributed by atoms with Gasteiger partial charge in [-0.2, -0.15) is 0 Å². The molecule has 98 valence electrons. The third-order valence-electron chi connectivity index (χ3n) is 4.26. The van der Waals surface area contributed by atoms with Crippen molar-refractivity contribution >= 4 is 17.2 Å². The van der Waals surface area contributed by atoms with Crippen LogP contribution in [0.2, 0.25) is 0 Å². The van der Waals surface area contributed by atoms with Crippen molar-refractivity contribution in [2.75, 3.05) is 17.6 Å². The Bertz CT molecular complexity index is 444. The van der Waals surface area contributed by atoms with Crippen LogP contribution >= 0.6 is 0 Å². The van der Waals surface area contributed by atoms with Gasteiger partial charge in [0.05, 0.1) is 0 Å². The van der Waals surface area contributed by atoms with E-state index in [0.717, 1.165) is 12.2 Å². The molecular formula is C15H22N2O. The Kier molecular flexibility index (Phi) is 3.60. The largest absolute Gasteiger partial charge is 0.398 e. The van der Waals surface area contributed by atoms with E-state index in [-0.39, 0.29) is 5.78 Å². The van der Waals surface area contributed by atoms with E-state index in [0.29, 0.717) is 16.7 Å². The molecule has 0 spiro atoms. The molecular weight excluding hydrogens is 224 g/mol. The summed E-state index contributed by atoms with van der Waals surface area (Å²) in [5.41, 5.74) is 8.54. The molecule has 0 amide bonds. The highest BCUT2D eigenvalue weighted by atomic mass is 16.1. The van der Waals surface area contributed by atoms with Crippen molar-refractivity contribution < 1.29 is 4.79 Å². The van der Waals surface area contributed by atoms with Gasteiger partial charge in [-0.25, -0.2) is 0 Å². The molecule has 0 bridgehead atoms. The second kappa shape index (κ2) is 5.01. The van der Waals surface area contributed by atoms with E-state index in [2.05, 4.69) is 12.2 Å². The summed E-state index contributed by atoms with van der Waals surface area (Å²) in [6, 6.07) is 5.60. The summed E-state index contributed by atoms with van der Waals surface area (Å²) < 4.78 is 0. The summed E-state index contributed by atoms with van der Waals surface area (Å²) in [6.45, 7) is 4.80. The van der Waals surface area contributed by atoms with Crippen molar-refractivity contribution in [3.63, 3.8) is 0 Å². The van der Waals surface area contributed by atoms with E-state index in [1.54, 1.807) is 13.0 Å². The van der Waals surface area contributed by atoms with Crippen molar-refractivity contribution in [2.24, 2.45) is 5.41 Å². The molecule has 0 aromatic heterocycles. The highest BCUT2D eigenvalue weighted by Gasteiger charge is 2.34. The molecule has 3 N–H and O–H groups in total. The Morgan fingerprint density at radius 1 is 1.44 bits per heavy atom. The first kappa shape index (κ1) is 12.9. The topological polar surface area (TPSA) is 55.1 Å². The van der Waals surface area contributed by atoms with Gasteiger partial charge < -0.3 is 11.1 Å². The highest BCUT2D eigenvalue weighted by molar-refractivity contribution is 5.99. The van der Waals surface area contributed by atoms with Crippen LogP contribution in [0, 0.1) is 5.41 Å². The molecule has 1 aliphatic rings. The van der Waals surface area contributed by atoms with Crippen molar-refractivity contribution in [1.29, 1.82) is 0 Å². The fraction of sp³-hybridized carbons (Fsp3) is 0.533. The lowest BCUT2D eigenvalue weighted by Crippen LogP contribution is -2.35. The molecule has 0 unspecified atom stereocenters. The number of nitrogens with one attached hydrogen (secondary N) is 1. The van der Waals surface area contributed by atoms with Crippen LogP contribution in [0.5, 0.6) is 0 Å². The first-order valence-corrected chi connectivity index (χ1v) is 6.71. The van der Waals surface area contributed by atoms with E-state index < -0.39 is 0 Å². The monoisotopic (exact) mass is 246 g/mol. The lowest BCUT2D eigenvalue weighted by Gasteiger charge is -2.41. The second-order valence-electron chi connectivity index (χ2n) is 5.42. The molecule has 3 nitrogen and oxygen atoms in total. The molecule has 1 aliphatic carbocycles. The third kappa shape index (κ3) is 2.50. The van der Waals surface area contributed by atoms with E-state index >= 15 is 0 Å². The fourth-order valence-corrected chi connectivity index (χ4v) is 2.61. The van der Waals surface area contributed by atoms with Gasteiger partial charge in [0.1, 0.15) is 0 Å². The molecule has 2 rings (SSSR count). The van der Waals surface area contributed by atoms with Crippen molar-refractivity contribution in [3.8, 4) is 0 Å². The Morgan fingerprint density at radius 2 is 2.17 bits per heavy atom. The van der Waals surface area contributed by atoms with Gasteiger partial charge in [0, 0.05) is 23.5 Å². The van der Waals surface area contributed by atoms with E-state index in [4.69, 9.17) is 5.73 Å². The van der Waals surface area contributed by atoms with E-state index in [1.807, 2.05) is 12.1 Å². The average molecular weight is 246 g/mol. The number of nitrogens with two attached hydrogens (primary N) is 1. The van der Waals surface area contributed by atoms with Gasteiger partial charge in [0.25, 0.3) is 0 Å². The summed E-state index contributed by atoms with van der Waals surface area (Å²) in [4.78, 5) is 11.3. The fourth-order valence-electron chi connectivity index (χ4n) is 2.61. The van der Waals surface area contributed by atoms with E-state index in [9.17, 15) is 4.79 Å². The van der Waals surface area contributed by atoms with Gasteiger partial charge in [-0.3, -0.25) is 4.79 Å². The summed E-state index contributed by atoms with van der Waals surface area (Å²) >= 11 is 0. The van der Waals surface area contributed by atoms with E-state index in [1.165, 1.54) is 25.7 Å². The smallest absolute Gasteiger partial charge is 0.161 e. The van der Waals surface area contributed by atoms with Gasteiger partial charge in [-0.1, -0.05) is 13.3 Å². The molecule has 3 heteroatoms. The van der Waals surface area contributed by atoms with Gasteiger partial charge >= 0.3 is 0 Å². The number of ketones is 1. The maximum Gasteiger partial charge on any atom is 0.161 e. The zero-order chi connectivity index (χ0) is 13.2. The minimum absolute atomic E-state index is 0.0167. The number of rotatable bonds is 5. The molecule has 0 atom stereocenters. The molecule has 1 aromatic carbocycles. The van der Waals surface area contributed by atoms with Crippen LogP contribution in [0.3, 0.4) is 0 Å². The number of Topliss-reactive ketones (excluding diaryl/α,β-unsaturated/α-hetero) is 1. The minimum atomic E-state index is 0.0167. The maximum atomic E-state index is 11.3. The molecule has 18 heavy (non-hydrogen) atoms. The number of benzene rings is 1. The number of carbonyl (C=O) groups is 1. The van der Waals surface area contributed by atoms with Crippen molar-refractivity contribution in [3.05, 3.63) is 23.8 Å². The predicted octanol–water partition coefficient (Wildman–Crippen LogP) is 3.46. The molecule has 0 heterocycles. The quantitative estimate of drug-likeness (QED) is 0.618. The molecule has 1 aromatic rings. The zero-order valence-electron chi connectivity index (χ0n) is 11.3. The first-order chi connectivity index (χ1) is 8.56. The Hall–Kier alpha value is -1.51. The normalized spacial score (nSPS) is 17.0. The Morgan fingerprint density at radius 3 is 2.61 bits per heavy atom. The Balaban J connectivity index is 2.02. The van der Waals surface area contributed by atoms with Crippen molar-refractivity contribution in [1.82, 2.24) is 0 Å². The number of carbonyl (C=O) groups excluding carboxylic acids is 1. The van der Waals surface area contributed by atoms with Crippen molar-refractivity contribution in [2.45, 2.75) is 39.5 Å². The number of hydrogen-bond acceptors (Lipinski definition) is 3. The maximum absolute atomic E-state index is 11.3. The lowest BCUT2D eigenvalue weighted by molar-refractivity contribution is 0.101. The molecule has 0 saturated heterocycles. The summed E-state index contributed by atoms with van der Waals surface area (Å²) in [5.74, 6) is 0.0167. The zero-order valence-corrected chi connectivity index (χ0v) is 11.3. The predicted molar refractivity (Wildman–Crippen MR) is 75.9 cm³/mol. The summed E-state index contributed by atoms with van der Waals surface area (Å²) in [7, 11) is 0. The molecule has 0 radical (unpaired) electrons. The van der Waals surface area contributed by atoms with Gasteiger partial charge in [0.15, 0.2) is 5.78 Å². The van der Waals surface area contributed by atoms with Crippen LogP contribution < -0.4 is 11.1 Å². The van der Waals surface area contributed by atoms with Crippen LogP contribution in [-0.4, -0.2) is 12.3 Å². The van der Waals surface area contributed by atoms with Gasteiger partial charge in [-0.05, 0) is 49.8 Å². The van der Waals surface area contributed by atoms with Gasteiger partial charge in [0.2, 0.25) is 0 Å². The minimum Gasteiger partial charge on any atom is -0.398 e. The second-order valence-corrected chi connectivity index (χ2v) is 5.42. The van der Waals surface area contributed by atoms with Crippen LogP contribution in [0.1, 0.15) is 49.9 Å². The Labute approximate surface area is 109 Å². The molecule has 1 fully saturated rings. The lowest BCUT2D eigenvalue weighted by atomic mass is 9.67. The SMILES string of the molecule is CCC1(CNc2ccc(C(C)=O)c(N)c2)CCC1. The first-order valence-electron chi connectivity index (χ1n) is 6.71. The van der Waals surface area contributed by atoms with Crippen LogP contribution in [-0.2, 0) is 0 Å². The summed E-state index contributed by atoms with van der Waals surface area (Å²) in [5, 5.41) is 3.45. The highest BCUT2D eigenvalue weighted by Crippen LogP contribution is 2.43. The molecule has 0 aliphatic heterocycles. The van der Waals surface area contributed by atoms with Gasteiger partial charge in [-0.15, -0.1) is 0 Å². The van der Waals surface area contributed by atoms with Crippen LogP contribution in [0.25, 0.3) is 0 Å². The standard InChI is InChI=1S/C15H22N2O/c1-3-15(7-4-8-15)10-17-12-5-6-13(11(2)18)14(16)9-12/h5-6,9,17H,3-4,7-8,10,16H2,1-2H3. The molecule has 1 saturated carbocycles. The average Bonchev–Trinajstić information content (AvgIpc) is 2.27. The summed E-state index contributed by atoms with van der Waals surface area (Å²) in [6.07, 6.45) is 5.21. The third-order valence-corrected chi connectivity index (χ3v) is 4.26.